The number of ether oxygens (including phenoxy) is 1. The van der Waals surface area contributed by atoms with Crippen LogP contribution in [0, 0.1) is 6.92 Å². The summed E-state index contributed by atoms with van der Waals surface area (Å²) in [6.45, 7) is 5.50. The summed E-state index contributed by atoms with van der Waals surface area (Å²) in [5.74, 6) is 1.97. The van der Waals surface area contributed by atoms with Crippen molar-refractivity contribution in [2.45, 2.75) is 39.0 Å². The molecule has 0 spiro atoms. The number of nitrogens with zero attached hydrogens (tertiary/aromatic N) is 2. The van der Waals surface area contributed by atoms with Gasteiger partial charge in [-0.2, -0.15) is 0 Å². The lowest BCUT2D eigenvalue weighted by Gasteiger charge is -2.24. The van der Waals surface area contributed by atoms with E-state index in [4.69, 9.17) is 9.15 Å². The summed E-state index contributed by atoms with van der Waals surface area (Å²) >= 11 is 0. The van der Waals surface area contributed by atoms with Gasteiger partial charge in [0.1, 0.15) is 11.5 Å². The molecule has 25 heavy (non-hydrogen) atoms. The summed E-state index contributed by atoms with van der Waals surface area (Å²) in [7, 11) is 0. The third-order valence-corrected chi connectivity index (χ3v) is 4.73. The van der Waals surface area contributed by atoms with Crippen LogP contribution in [0.5, 0.6) is 0 Å². The Morgan fingerprint density at radius 2 is 2.12 bits per heavy atom. The van der Waals surface area contributed by atoms with E-state index in [1.165, 1.54) is 17.4 Å². The number of rotatable bonds is 6. The zero-order chi connectivity index (χ0) is 17.1. The molecule has 0 bridgehead atoms. The Hall–Kier alpha value is -2.17. The third kappa shape index (κ3) is 4.09. The summed E-state index contributed by atoms with van der Waals surface area (Å²) in [5.41, 5.74) is 2.33. The lowest BCUT2D eigenvalue weighted by molar-refractivity contribution is 0.0654. The van der Waals surface area contributed by atoms with Crippen LogP contribution in [0.1, 0.15) is 29.9 Å². The Morgan fingerprint density at radius 3 is 2.92 bits per heavy atom. The highest BCUT2D eigenvalue weighted by Crippen LogP contribution is 2.20. The molecule has 0 amide bonds. The number of fused-ring (bicyclic) bond motifs is 1. The van der Waals surface area contributed by atoms with E-state index in [2.05, 4.69) is 40.2 Å². The van der Waals surface area contributed by atoms with Crippen LogP contribution in [0.4, 0.5) is 0 Å². The second-order valence-corrected chi connectivity index (χ2v) is 6.85. The van der Waals surface area contributed by atoms with Crippen LogP contribution in [0.2, 0.25) is 0 Å². The Kier molecular flexibility index (Phi) is 4.81. The van der Waals surface area contributed by atoms with Gasteiger partial charge in [-0.25, -0.2) is 0 Å². The largest absolute Gasteiger partial charge is 0.465 e. The van der Waals surface area contributed by atoms with Gasteiger partial charge in [-0.1, -0.05) is 12.1 Å². The minimum Gasteiger partial charge on any atom is -0.465 e. The second kappa shape index (κ2) is 7.38. The summed E-state index contributed by atoms with van der Waals surface area (Å²) < 4.78 is 11.6. The Labute approximate surface area is 148 Å². The van der Waals surface area contributed by atoms with Crippen molar-refractivity contribution in [3.63, 3.8) is 0 Å². The zero-order valence-corrected chi connectivity index (χ0v) is 14.6. The number of hydrogen-bond acceptors (Lipinski definition) is 4. The van der Waals surface area contributed by atoms with Gasteiger partial charge in [0, 0.05) is 31.3 Å². The molecule has 1 unspecified atom stereocenters. The van der Waals surface area contributed by atoms with Gasteiger partial charge in [0.05, 0.1) is 18.2 Å². The van der Waals surface area contributed by atoms with Crippen LogP contribution >= 0.6 is 0 Å². The fourth-order valence-corrected chi connectivity index (χ4v) is 3.53. The van der Waals surface area contributed by atoms with E-state index in [0.29, 0.717) is 6.10 Å². The fraction of sp³-hybridized carbons (Fsp3) is 0.381. The number of aromatic nitrogens is 1. The van der Waals surface area contributed by atoms with Crippen LogP contribution in [0.15, 0.2) is 53.1 Å². The van der Waals surface area contributed by atoms with E-state index >= 15 is 0 Å². The first kappa shape index (κ1) is 16.3. The number of benzene rings is 1. The maximum absolute atomic E-state index is 5.85. The van der Waals surface area contributed by atoms with Gasteiger partial charge in [0.25, 0.3) is 0 Å². The van der Waals surface area contributed by atoms with Gasteiger partial charge in [-0.15, -0.1) is 0 Å². The molecule has 1 saturated heterocycles. The van der Waals surface area contributed by atoms with Crippen molar-refractivity contribution in [2.75, 3.05) is 13.2 Å². The highest BCUT2D eigenvalue weighted by molar-refractivity contribution is 5.78. The normalized spacial score (nSPS) is 17.6. The van der Waals surface area contributed by atoms with Gasteiger partial charge >= 0.3 is 0 Å². The summed E-state index contributed by atoms with van der Waals surface area (Å²) in [5, 5.41) is 1.19. The number of furan rings is 1. The van der Waals surface area contributed by atoms with Crippen LogP contribution < -0.4 is 0 Å². The van der Waals surface area contributed by atoms with Gasteiger partial charge in [0.2, 0.25) is 0 Å². The van der Waals surface area contributed by atoms with Crippen molar-refractivity contribution in [3.8, 4) is 0 Å². The standard InChI is InChI=1S/C21H24N2O2/c1-16-6-8-20(25-16)15-23(14-19-5-3-11-24-19)13-17-7-9-21-18(12-17)4-2-10-22-21/h2,4,6-10,12,19H,3,5,11,13-15H2,1H3. The number of hydrogen-bond donors (Lipinski definition) is 0. The highest BCUT2D eigenvalue weighted by atomic mass is 16.5. The molecule has 0 N–H and O–H groups in total. The Bertz CT molecular complexity index is 837. The first-order chi connectivity index (χ1) is 12.3. The molecule has 4 rings (SSSR count). The van der Waals surface area contributed by atoms with Crippen molar-refractivity contribution in [3.05, 3.63) is 65.7 Å². The van der Waals surface area contributed by atoms with Crippen LogP contribution in [-0.4, -0.2) is 29.1 Å². The molecule has 0 radical (unpaired) electrons. The average molecular weight is 336 g/mol. The van der Waals surface area contributed by atoms with Gasteiger partial charge in [-0.3, -0.25) is 9.88 Å². The molecular formula is C21H24N2O2. The summed E-state index contributed by atoms with van der Waals surface area (Å²) in [6, 6.07) is 14.7. The molecule has 2 aromatic heterocycles. The first-order valence-electron chi connectivity index (χ1n) is 8.99. The lowest BCUT2D eigenvalue weighted by atomic mass is 10.1. The molecule has 1 fully saturated rings. The molecule has 1 aliphatic heterocycles. The second-order valence-electron chi connectivity index (χ2n) is 6.85. The fourth-order valence-electron chi connectivity index (χ4n) is 3.53. The SMILES string of the molecule is Cc1ccc(CN(Cc2ccc3ncccc3c2)CC2CCCO2)o1. The quantitative estimate of drug-likeness (QED) is 0.672. The minimum absolute atomic E-state index is 0.332. The van der Waals surface area contributed by atoms with Crippen molar-refractivity contribution in [2.24, 2.45) is 0 Å². The molecule has 3 heterocycles. The molecular weight excluding hydrogens is 312 g/mol. The molecule has 0 aliphatic carbocycles. The van der Waals surface area contributed by atoms with Gasteiger partial charge in [0.15, 0.2) is 0 Å². The average Bonchev–Trinajstić information content (AvgIpc) is 3.26. The van der Waals surface area contributed by atoms with E-state index < -0.39 is 0 Å². The third-order valence-electron chi connectivity index (χ3n) is 4.73. The number of pyridine rings is 1. The van der Waals surface area contributed by atoms with E-state index in [-0.39, 0.29) is 0 Å². The Balaban J connectivity index is 1.52. The van der Waals surface area contributed by atoms with Crippen molar-refractivity contribution >= 4 is 10.9 Å². The smallest absolute Gasteiger partial charge is 0.118 e. The Morgan fingerprint density at radius 1 is 1.16 bits per heavy atom. The van der Waals surface area contributed by atoms with Gasteiger partial charge < -0.3 is 9.15 Å². The maximum atomic E-state index is 5.85. The van der Waals surface area contributed by atoms with Gasteiger partial charge in [-0.05, 0) is 55.7 Å². The summed E-state index contributed by atoms with van der Waals surface area (Å²) in [6.07, 6.45) is 4.48. The molecule has 130 valence electrons. The molecule has 1 atom stereocenters. The van der Waals surface area contributed by atoms with E-state index in [1.807, 2.05) is 25.3 Å². The van der Waals surface area contributed by atoms with Crippen molar-refractivity contribution in [1.82, 2.24) is 9.88 Å². The summed E-state index contributed by atoms with van der Waals surface area (Å²) in [4.78, 5) is 6.83. The molecule has 4 nitrogen and oxygen atoms in total. The predicted octanol–water partition coefficient (Wildman–Crippen LogP) is 4.32. The molecule has 0 saturated carbocycles. The van der Waals surface area contributed by atoms with Crippen LogP contribution in [-0.2, 0) is 17.8 Å². The van der Waals surface area contributed by atoms with E-state index in [9.17, 15) is 0 Å². The van der Waals surface area contributed by atoms with Crippen LogP contribution in [0.25, 0.3) is 10.9 Å². The van der Waals surface area contributed by atoms with E-state index in [0.717, 1.165) is 49.7 Å². The molecule has 1 aliphatic rings. The molecule has 3 aromatic rings. The maximum Gasteiger partial charge on any atom is 0.118 e. The van der Waals surface area contributed by atoms with Crippen molar-refractivity contribution < 1.29 is 9.15 Å². The molecule has 1 aromatic carbocycles. The lowest BCUT2D eigenvalue weighted by Crippen LogP contribution is -2.31. The van der Waals surface area contributed by atoms with Crippen molar-refractivity contribution in [1.29, 1.82) is 0 Å². The highest BCUT2D eigenvalue weighted by Gasteiger charge is 2.20. The minimum atomic E-state index is 0.332. The zero-order valence-electron chi connectivity index (χ0n) is 14.6. The van der Waals surface area contributed by atoms with Crippen LogP contribution in [0.3, 0.4) is 0 Å². The monoisotopic (exact) mass is 336 g/mol. The predicted molar refractivity (Wildman–Crippen MR) is 98.3 cm³/mol. The topological polar surface area (TPSA) is 38.5 Å². The van der Waals surface area contributed by atoms with E-state index in [1.54, 1.807) is 0 Å². The first-order valence-corrected chi connectivity index (χ1v) is 8.99. The molecule has 4 heteroatoms. The number of aryl methyl sites for hydroxylation is 1.